The first-order valence-corrected chi connectivity index (χ1v) is 6.67. The molecule has 0 aliphatic heterocycles. The van der Waals surface area contributed by atoms with Gasteiger partial charge in [-0.1, -0.05) is 26.0 Å². The van der Waals surface area contributed by atoms with Crippen molar-refractivity contribution >= 4 is 0 Å². The number of benzene rings is 1. The first-order chi connectivity index (χ1) is 9.23. The van der Waals surface area contributed by atoms with E-state index in [4.69, 9.17) is 0 Å². The minimum atomic E-state index is -1.29. The Labute approximate surface area is 116 Å². The number of halogens is 4. The van der Waals surface area contributed by atoms with Gasteiger partial charge in [-0.05, 0) is 37.5 Å². The molecule has 0 heterocycles. The quantitative estimate of drug-likeness (QED) is 0.419. The van der Waals surface area contributed by atoms with Gasteiger partial charge in [-0.25, -0.2) is 17.6 Å². The van der Waals surface area contributed by atoms with Crippen LogP contribution in [0.15, 0.2) is 12.2 Å². The molecule has 1 aromatic carbocycles. The summed E-state index contributed by atoms with van der Waals surface area (Å²) in [6, 6.07) is 0. The van der Waals surface area contributed by atoms with Crippen LogP contribution in [0.25, 0.3) is 0 Å². The van der Waals surface area contributed by atoms with E-state index in [2.05, 4.69) is 0 Å². The van der Waals surface area contributed by atoms with E-state index in [1.807, 2.05) is 32.9 Å². The van der Waals surface area contributed by atoms with Gasteiger partial charge in [0.05, 0.1) is 0 Å². The topological polar surface area (TPSA) is 0 Å². The number of hydrogen-bond acceptors (Lipinski definition) is 0. The Morgan fingerprint density at radius 2 is 1.50 bits per heavy atom. The minimum absolute atomic E-state index is 0.00773. The SMILES string of the molecule is CC=CC1C(Cc2c(F)c(F)c(C)c(F)c2F)C1(C)C. The second-order valence-electron chi connectivity index (χ2n) is 6.04. The van der Waals surface area contributed by atoms with E-state index in [0.29, 0.717) is 0 Å². The van der Waals surface area contributed by atoms with Gasteiger partial charge in [0.1, 0.15) is 0 Å². The lowest BCUT2D eigenvalue weighted by Crippen LogP contribution is -2.08. The van der Waals surface area contributed by atoms with Gasteiger partial charge >= 0.3 is 0 Å². The molecule has 1 aliphatic rings. The number of rotatable bonds is 3. The summed E-state index contributed by atoms with van der Waals surface area (Å²) in [5.41, 5.74) is -1.19. The molecule has 0 spiro atoms. The maximum absolute atomic E-state index is 13.9. The van der Waals surface area contributed by atoms with Crippen LogP contribution in [-0.4, -0.2) is 0 Å². The van der Waals surface area contributed by atoms with Crippen LogP contribution < -0.4 is 0 Å². The van der Waals surface area contributed by atoms with Gasteiger partial charge in [0.2, 0.25) is 0 Å². The molecule has 20 heavy (non-hydrogen) atoms. The summed E-state index contributed by atoms with van der Waals surface area (Å²) < 4.78 is 54.8. The maximum Gasteiger partial charge on any atom is 0.165 e. The van der Waals surface area contributed by atoms with Crippen LogP contribution in [0.2, 0.25) is 0 Å². The van der Waals surface area contributed by atoms with Crippen LogP contribution in [-0.2, 0) is 6.42 Å². The van der Waals surface area contributed by atoms with Gasteiger partial charge in [-0.3, -0.25) is 0 Å². The molecule has 4 heteroatoms. The molecule has 2 unspecified atom stereocenters. The monoisotopic (exact) mass is 286 g/mol. The predicted molar refractivity (Wildman–Crippen MR) is 70.3 cm³/mol. The van der Waals surface area contributed by atoms with E-state index in [-0.39, 0.29) is 23.7 Å². The highest BCUT2D eigenvalue weighted by atomic mass is 19.2. The van der Waals surface area contributed by atoms with Crippen LogP contribution in [0.4, 0.5) is 17.6 Å². The first kappa shape index (κ1) is 15.1. The van der Waals surface area contributed by atoms with Crippen molar-refractivity contribution in [2.45, 2.75) is 34.1 Å². The van der Waals surface area contributed by atoms with Crippen LogP contribution in [0.1, 0.15) is 31.9 Å². The Balaban J connectivity index is 2.37. The van der Waals surface area contributed by atoms with Gasteiger partial charge < -0.3 is 0 Å². The second-order valence-corrected chi connectivity index (χ2v) is 6.04. The standard InChI is InChI=1S/C16H18F4/c1-5-6-10-11(16(10,3)4)7-9-14(19)12(17)8(2)13(18)15(9)20/h5-6,10-11H,7H2,1-4H3. The Hall–Kier alpha value is -1.32. The molecule has 0 saturated heterocycles. The van der Waals surface area contributed by atoms with E-state index in [1.165, 1.54) is 0 Å². The summed E-state index contributed by atoms with van der Waals surface area (Å²) in [7, 11) is 0. The molecule has 110 valence electrons. The van der Waals surface area contributed by atoms with Crippen molar-refractivity contribution < 1.29 is 17.6 Å². The van der Waals surface area contributed by atoms with Gasteiger partial charge in [0, 0.05) is 11.1 Å². The second kappa shape index (κ2) is 4.90. The summed E-state index contributed by atoms with van der Waals surface area (Å²) in [5, 5.41) is 0. The third-order valence-corrected chi connectivity index (χ3v) is 4.54. The molecular weight excluding hydrogens is 268 g/mol. The van der Waals surface area contributed by atoms with Crippen LogP contribution in [0.5, 0.6) is 0 Å². The first-order valence-electron chi connectivity index (χ1n) is 6.67. The third kappa shape index (κ3) is 2.15. The fraction of sp³-hybridized carbons (Fsp3) is 0.500. The zero-order valence-corrected chi connectivity index (χ0v) is 12.0. The predicted octanol–water partition coefficient (Wildman–Crippen LogP) is 4.94. The molecule has 0 aromatic heterocycles. The van der Waals surface area contributed by atoms with E-state index in [0.717, 1.165) is 6.92 Å². The van der Waals surface area contributed by atoms with Crippen LogP contribution >= 0.6 is 0 Å². The molecule has 0 N–H and O–H groups in total. The van der Waals surface area contributed by atoms with E-state index in [1.54, 1.807) is 0 Å². The Morgan fingerprint density at radius 3 is 1.95 bits per heavy atom. The van der Waals surface area contributed by atoms with Crippen LogP contribution in [0, 0.1) is 47.4 Å². The summed E-state index contributed by atoms with van der Waals surface area (Å²) in [6.45, 7) is 6.88. The molecule has 1 aromatic rings. The van der Waals surface area contributed by atoms with E-state index < -0.39 is 34.4 Å². The van der Waals surface area contributed by atoms with Crippen molar-refractivity contribution in [3.05, 3.63) is 46.5 Å². The molecular formula is C16H18F4. The fourth-order valence-electron chi connectivity index (χ4n) is 2.95. The molecule has 2 rings (SSSR count). The Bertz CT molecular complexity index is 543. The molecule has 2 atom stereocenters. The van der Waals surface area contributed by atoms with Gasteiger partial charge in [-0.15, -0.1) is 0 Å². The lowest BCUT2D eigenvalue weighted by atomic mass is 10.00. The zero-order chi connectivity index (χ0) is 15.2. The zero-order valence-electron chi connectivity index (χ0n) is 12.0. The highest BCUT2D eigenvalue weighted by Gasteiger charge is 2.56. The van der Waals surface area contributed by atoms with Gasteiger partial charge in [-0.2, -0.15) is 0 Å². The van der Waals surface area contributed by atoms with Crippen molar-refractivity contribution in [3.8, 4) is 0 Å². The van der Waals surface area contributed by atoms with Crippen molar-refractivity contribution in [2.24, 2.45) is 17.3 Å². The summed E-state index contributed by atoms with van der Waals surface area (Å²) in [5.74, 6) is -4.94. The molecule has 1 aliphatic carbocycles. The lowest BCUT2D eigenvalue weighted by molar-refractivity contribution is 0.422. The number of hydrogen-bond donors (Lipinski definition) is 0. The highest BCUT2D eigenvalue weighted by Crippen LogP contribution is 2.60. The summed E-state index contributed by atoms with van der Waals surface area (Å²) in [4.78, 5) is 0. The Morgan fingerprint density at radius 1 is 1.00 bits per heavy atom. The number of allylic oxidation sites excluding steroid dienone is 2. The molecule has 0 nitrogen and oxygen atoms in total. The van der Waals surface area contributed by atoms with Gasteiger partial charge in [0.25, 0.3) is 0 Å². The summed E-state index contributed by atoms with van der Waals surface area (Å²) in [6.07, 6.45) is 3.87. The largest absolute Gasteiger partial charge is 0.203 e. The van der Waals surface area contributed by atoms with Crippen molar-refractivity contribution in [1.29, 1.82) is 0 Å². The van der Waals surface area contributed by atoms with E-state index in [9.17, 15) is 17.6 Å². The summed E-state index contributed by atoms with van der Waals surface area (Å²) >= 11 is 0. The van der Waals surface area contributed by atoms with Crippen LogP contribution in [0.3, 0.4) is 0 Å². The molecule has 1 saturated carbocycles. The average molecular weight is 286 g/mol. The Kier molecular flexibility index (Phi) is 3.69. The molecule has 0 bridgehead atoms. The smallest absolute Gasteiger partial charge is 0.165 e. The molecule has 0 radical (unpaired) electrons. The maximum atomic E-state index is 13.9. The van der Waals surface area contributed by atoms with Crippen molar-refractivity contribution in [3.63, 3.8) is 0 Å². The molecule has 0 amide bonds. The lowest BCUT2D eigenvalue weighted by Gasteiger charge is -2.10. The third-order valence-electron chi connectivity index (χ3n) is 4.54. The normalized spacial score (nSPS) is 24.4. The minimum Gasteiger partial charge on any atom is -0.203 e. The van der Waals surface area contributed by atoms with Crippen molar-refractivity contribution in [1.82, 2.24) is 0 Å². The average Bonchev–Trinajstić information content (AvgIpc) is 2.91. The highest BCUT2D eigenvalue weighted by molar-refractivity contribution is 5.31. The van der Waals surface area contributed by atoms with Crippen molar-refractivity contribution in [2.75, 3.05) is 0 Å². The fourth-order valence-corrected chi connectivity index (χ4v) is 2.95. The van der Waals surface area contributed by atoms with E-state index >= 15 is 0 Å². The molecule has 1 fully saturated rings. The van der Waals surface area contributed by atoms with Gasteiger partial charge in [0.15, 0.2) is 23.3 Å².